The van der Waals surface area contributed by atoms with Crippen molar-refractivity contribution in [1.82, 2.24) is 4.98 Å². The van der Waals surface area contributed by atoms with Crippen LogP contribution < -0.4 is 0 Å². The predicted molar refractivity (Wildman–Crippen MR) is 76.6 cm³/mol. The third-order valence-electron chi connectivity index (χ3n) is 3.13. The number of nitrogens with zero attached hydrogens (tertiary/aromatic N) is 1. The van der Waals surface area contributed by atoms with E-state index in [1.807, 2.05) is 36.5 Å². The van der Waals surface area contributed by atoms with Gasteiger partial charge in [-0.1, -0.05) is 39.0 Å². The van der Waals surface area contributed by atoms with Gasteiger partial charge in [0.15, 0.2) is 0 Å². The minimum absolute atomic E-state index is 0.191. The van der Waals surface area contributed by atoms with Crippen LogP contribution in [-0.2, 0) is 0 Å². The Labute approximate surface area is 114 Å². The largest absolute Gasteiger partial charge is 0.261 e. The van der Waals surface area contributed by atoms with E-state index in [-0.39, 0.29) is 17.2 Å². The monoisotopic (exact) mass is 257 g/mol. The summed E-state index contributed by atoms with van der Waals surface area (Å²) in [7, 11) is 0. The van der Waals surface area contributed by atoms with Crippen molar-refractivity contribution in [3.8, 4) is 0 Å². The van der Waals surface area contributed by atoms with Gasteiger partial charge in [-0.2, -0.15) is 0 Å². The Morgan fingerprint density at radius 2 is 1.74 bits per heavy atom. The van der Waals surface area contributed by atoms with Gasteiger partial charge < -0.3 is 0 Å². The molecule has 0 aliphatic heterocycles. The van der Waals surface area contributed by atoms with E-state index in [4.69, 9.17) is 0 Å². The van der Waals surface area contributed by atoms with Gasteiger partial charge >= 0.3 is 0 Å². The standard InChI is InChI=1S/C17H20FN/c1-17(2,3)12-15(16-6-4-5-11-19-16)13-7-9-14(18)10-8-13/h4-11,15H,12H2,1-3H3/t15-/m1/s1. The third kappa shape index (κ3) is 3.88. The molecule has 1 aromatic carbocycles. The van der Waals surface area contributed by atoms with Gasteiger partial charge in [0.1, 0.15) is 5.82 Å². The van der Waals surface area contributed by atoms with Crippen molar-refractivity contribution in [3.63, 3.8) is 0 Å². The van der Waals surface area contributed by atoms with E-state index < -0.39 is 0 Å². The Bertz CT molecular complexity index is 511. The number of rotatable bonds is 3. The summed E-state index contributed by atoms with van der Waals surface area (Å²) >= 11 is 0. The summed E-state index contributed by atoms with van der Waals surface area (Å²) in [6.45, 7) is 6.64. The molecule has 0 spiro atoms. The highest BCUT2D eigenvalue weighted by molar-refractivity contribution is 5.29. The lowest BCUT2D eigenvalue weighted by molar-refractivity contribution is 0.355. The summed E-state index contributed by atoms with van der Waals surface area (Å²) in [5.41, 5.74) is 2.36. The normalized spacial score (nSPS) is 13.3. The van der Waals surface area contributed by atoms with Gasteiger partial charge in [0.25, 0.3) is 0 Å². The van der Waals surface area contributed by atoms with Gasteiger partial charge in [0.05, 0.1) is 0 Å². The van der Waals surface area contributed by atoms with E-state index in [0.29, 0.717) is 0 Å². The van der Waals surface area contributed by atoms with Crippen LogP contribution in [-0.4, -0.2) is 4.98 Å². The number of hydrogen-bond acceptors (Lipinski definition) is 1. The Hall–Kier alpha value is -1.70. The van der Waals surface area contributed by atoms with Gasteiger partial charge in [0.2, 0.25) is 0 Å². The molecule has 0 saturated carbocycles. The van der Waals surface area contributed by atoms with E-state index in [1.165, 1.54) is 12.1 Å². The Morgan fingerprint density at radius 3 is 2.26 bits per heavy atom. The lowest BCUT2D eigenvalue weighted by atomic mass is 9.80. The maximum atomic E-state index is 13.1. The molecular weight excluding hydrogens is 237 g/mol. The Kier molecular flexibility index (Phi) is 3.98. The fourth-order valence-corrected chi connectivity index (χ4v) is 2.28. The number of aromatic nitrogens is 1. The molecule has 1 heterocycles. The third-order valence-corrected chi connectivity index (χ3v) is 3.13. The van der Waals surface area contributed by atoms with Crippen molar-refractivity contribution in [1.29, 1.82) is 0 Å². The molecule has 19 heavy (non-hydrogen) atoms. The van der Waals surface area contributed by atoms with Gasteiger partial charge in [-0.25, -0.2) is 4.39 Å². The average Bonchev–Trinajstić information content (AvgIpc) is 2.37. The molecule has 2 heteroatoms. The van der Waals surface area contributed by atoms with Crippen LogP contribution >= 0.6 is 0 Å². The van der Waals surface area contributed by atoms with E-state index in [0.717, 1.165) is 17.7 Å². The number of pyridine rings is 1. The zero-order valence-electron chi connectivity index (χ0n) is 11.7. The highest BCUT2D eigenvalue weighted by Gasteiger charge is 2.22. The van der Waals surface area contributed by atoms with Crippen molar-refractivity contribution in [2.75, 3.05) is 0 Å². The molecule has 0 unspecified atom stereocenters. The van der Waals surface area contributed by atoms with Crippen LogP contribution in [0, 0.1) is 11.2 Å². The smallest absolute Gasteiger partial charge is 0.123 e. The SMILES string of the molecule is CC(C)(C)C[C@H](c1ccc(F)cc1)c1ccccn1. The first kappa shape index (κ1) is 13.7. The Balaban J connectivity index is 2.37. The zero-order valence-corrected chi connectivity index (χ0v) is 11.7. The average molecular weight is 257 g/mol. The van der Waals surface area contributed by atoms with E-state index in [1.54, 1.807) is 0 Å². The maximum Gasteiger partial charge on any atom is 0.123 e. The van der Waals surface area contributed by atoms with Gasteiger partial charge in [-0.15, -0.1) is 0 Å². The van der Waals surface area contributed by atoms with Gasteiger partial charge in [0, 0.05) is 17.8 Å². The summed E-state index contributed by atoms with van der Waals surface area (Å²) in [4.78, 5) is 4.47. The number of halogens is 1. The fourth-order valence-electron chi connectivity index (χ4n) is 2.28. The van der Waals surface area contributed by atoms with Gasteiger partial charge in [-0.05, 0) is 41.7 Å². The zero-order chi connectivity index (χ0) is 13.9. The lowest BCUT2D eigenvalue weighted by Gasteiger charge is -2.26. The van der Waals surface area contributed by atoms with Crippen LogP contribution in [0.25, 0.3) is 0 Å². The van der Waals surface area contributed by atoms with Crippen molar-refractivity contribution in [2.24, 2.45) is 5.41 Å². The van der Waals surface area contributed by atoms with Crippen molar-refractivity contribution in [2.45, 2.75) is 33.1 Å². The molecule has 2 aromatic rings. The quantitative estimate of drug-likeness (QED) is 0.770. The highest BCUT2D eigenvalue weighted by atomic mass is 19.1. The summed E-state index contributed by atoms with van der Waals surface area (Å²) in [6, 6.07) is 12.7. The van der Waals surface area contributed by atoms with E-state index >= 15 is 0 Å². The first-order chi connectivity index (χ1) is 8.96. The van der Waals surface area contributed by atoms with Crippen LogP contribution in [0.3, 0.4) is 0 Å². The van der Waals surface area contributed by atoms with Crippen molar-refractivity contribution < 1.29 is 4.39 Å². The van der Waals surface area contributed by atoms with Crippen LogP contribution in [0.15, 0.2) is 48.7 Å². The molecule has 0 N–H and O–H groups in total. The number of hydrogen-bond donors (Lipinski definition) is 0. The molecule has 0 aliphatic carbocycles. The molecule has 0 saturated heterocycles. The lowest BCUT2D eigenvalue weighted by Crippen LogP contribution is -2.14. The van der Waals surface area contributed by atoms with Crippen molar-refractivity contribution >= 4 is 0 Å². The van der Waals surface area contributed by atoms with Crippen molar-refractivity contribution in [3.05, 3.63) is 65.7 Å². The summed E-state index contributed by atoms with van der Waals surface area (Å²) in [6.07, 6.45) is 2.80. The van der Waals surface area contributed by atoms with E-state index in [9.17, 15) is 4.39 Å². The minimum Gasteiger partial charge on any atom is -0.261 e. The molecule has 0 fully saturated rings. The second-order valence-corrected chi connectivity index (χ2v) is 6.12. The number of benzene rings is 1. The Morgan fingerprint density at radius 1 is 1.05 bits per heavy atom. The van der Waals surface area contributed by atoms with Crippen LogP contribution in [0.5, 0.6) is 0 Å². The first-order valence-electron chi connectivity index (χ1n) is 6.62. The van der Waals surface area contributed by atoms with Gasteiger partial charge in [-0.3, -0.25) is 4.98 Å². The predicted octanol–water partition coefficient (Wildman–Crippen LogP) is 4.79. The summed E-state index contributed by atoms with van der Waals surface area (Å²) in [5, 5.41) is 0. The molecule has 2 rings (SSSR count). The first-order valence-corrected chi connectivity index (χ1v) is 6.62. The molecule has 1 nitrogen and oxygen atoms in total. The highest BCUT2D eigenvalue weighted by Crippen LogP contribution is 2.35. The minimum atomic E-state index is -0.195. The fraction of sp³-hybridized carbons (Fsp3) is 0.353. The summed E-state index contributed by atoms with van der Waals surface area (Å²) in [5.74, 6) is 0.0149. The molecule has 0 amide bonds. The van der Waals surface area contributed by atoms with Crippen LogP contribution in [0.1, 0.15) is 44.4 Å². The molecule has 100 valence electrons. The van der Waals surface area contributed by atoms with Crippen LogP contribution in [0.2, 0.25) is 0 Å². The maximum absolute atomic E-state index is 13.1. The molecule has 1 atom stereocenters. The molecular formula is C17H20FN. The molecule has 1 aromatic heterocycles. The molecule has 0 aliphatic rings. The molecule has 0 bridgehead atoms. The topological polar surface area (TPSA) is 12.9 Å². The molecule has 0 radical (unpaired) electrons. The van der Waals surface area contributed by atoms with E-state index in [2.05, 4.69) is 25.8 Å². The summed E-state index contributed by atoms with van der Waals surface area (Å²) < 4.78 is 13.1. The van der Waals surface area contributed by atoms with Crippen LogP contribution in [0.4, 0.5) is 4.39 Å². The second-order valence-electron chi connectivity index (χ2n) is 6.12. The second kappa shape index (κ2) is 5.52.